The lowest BCUT2D eigenvalue weighted by Gasteiger charge is -2.39. The van der Waals surface area contributed by atoms with Crippen LogP contribution in [0.2, 0.25) is 0 Å². The van der Waals surface area contributed by atoms with Crippen LogP contribution in [0.4, 0.5) is 13.6 Å². The zero-order valence-electron chi connectivity index (χ0n) is 15.6. The van der Waals surface area contributed by atoms with Gasteiger partial charge in [-0.25, -0.2) is 13.6 Å². The molecule has 0 spiro atoms. The van der Waals surface area contributed by atoms with Gasteiger partial charge in [0.05, 0.1) is 12.6 Å². The van der Waals surface area contributed by atoms with Gasteiger partial charge in [-0.2, -0.15) is 0 Å². The van der Waals surface area contributed by atoms with Gasteiger partial charge >= 0.3 is 6.09 Å². The molecule has 0 bridgehead atoms. The Morgan fingerprint density at radius 2 is 1.84 bits per heavy atom. The van der Waals surface area contributed by atoms with Crippen LogP contribution < -0.4 is 5.73 Å². The van der Waals surface area contributed by atoms with E-state index >= 15 is 0 Å². The Kier molecular flexibility index (Phi) is 6.65. The number of amides is 1. The van der Waals surface area contributed by atoms with E-state index in [1.54, 1.807) is 20.8 Å². The van der Waals surface area contributed by atoms with Gasteiger partial charge in [-0.05, 0) is 59.3 Å². The summed E-state index contributed by atoms with van der Waals surface area (Å²) >= 11 is 0. The number of nitrogens with zero attached hydrogens (tertiary/aromatic N) is 1. The number of ether oxygens (including phenoxy) is 2. The van der Waals surface area contributed by atoms with E-state index in [2.05, 4.69) is 0 Å². The van der Waals surface area contributed by atoms with Crippen LogP contribution in [0.3, 0.4) is 0 Å². The van der Waals surface area contributed by atoms with Crippen LogP contribution in [0, 0.1) is 5.92 Å². The third-order valence-corrected chi connectivity index (χ3v) is 4.94. The molecule has 0 radical (unpaired) electrons. The summed E-state index contributed by atoms with van der Waals surface area (Å²) in [6.45, 7) is 5.24. The molecule has 146 valence electrons. The average molecular weight is 362 g/mol. The second-order valence-electron chi connectivity index (χ2n) is 8.34. The zero-order valence-corrected chi connectivity index (χ0v) is 15.6. The van der Waals surface area contributed by atoms with E-state index in [1.807, 2.05) is 0 Å². The summed E-state index contributed by atoms with van der Waals surface area (Å²) in [4.78, 5) is 13.1. The number of hydrogen-bond donors (Lipinski definition) is 1. The minimum atomic E-state index is -2.91. The monoisotopic (exact) mass is 362 g/mol. The lowest BCUT2D eigenvalue weighted by atomic mass is 9.90. The lowest BCUT2D eigenvalue weighted by molar-refractivity contribution is -0.119. The van der Waals surface area contributed by atoms with Crippen molar-refractivity contribution in [2.75, 3.05) is 19.7 Å². The maximum absolute atomic E-state index is 14.4. The normalized spacial score (nSPS) is 30.2. The summed E-state index contributed by atoms with van der Waals surface area (Å²) < 4.78 is 39.8. The molecule has 2 fully saturated rings. The van der Waals surface area contributed by atoms with Crippen LogP contribution in [0.5, 0.6) is 0 Å². The second-order valence-corrected chi connectivity index (χ2v) is 8.34. The van der Waals surface area contributed by atoms with Gasteiger partial charge in [0.2, 0.25) is 0 Å². The Bertz CT molecular complexity index is 446. The van der Waals surface area contributed by atoms with Crippen molar-refractivity contribution in [2.45, 2.75) is 83.0 Å². The SMILES string of the molecule is CC(C)(C)OC(=O)N1CCC(CCOC2CCC(N)CC2)C(F)(F)C1. The van der Waals surface area contributed by atoms with E-state index in [9.17, 15) is 13.6 Å². The Morgan fingerprint density at radius 1 is 1.20 bits per heavy atom. The molecule has 7 heteroatoms. The number of alkyl halides is 2. The average Bonchev–Trinajstić information content (AvgIpc) is 2.48. The number of halogens is 2. The van der Waals surface area contributed by atoms with Crippen molar-refractivity contribution in [1.29, 1.82) is 0 Å². The fourth-order valence-corrected chi connectivity index (χ4v) is 3.46. The molecule has 1 heterocycles. The number of piperidine rings is 1. The fourth-order valence-electron chi connectivity index (χ4n) is 3.46. The molecule has 0 aromatic heterocycles. The van der Waals surface area contributed by atoms with Crippen molar-refractivity contribution in [3.63, 3.8) is 0 Å². The Labute approximate surface area is 149 Å². The van der Waals surface area contributed by atoms with Crippen molar-refractivity contribution < 1.29 is 23.0 Å². The van der Waals surface area contributed by atoms with E-state index in [0.717, 1.165) is 30.6 Å². The first-order valence-electron chi connectivity index (χ1n) is 9.30. The molecule has 1 amide bonds. The number of likely N-dealkylation sites (tertiary alicyclic amines) is 1. The van der Waals surface area contributed by atoms with Crippen LogP contribution in [0.15, 0.2) is 0 Å². The smallest absolute Gasteiger partial charge is 0.410 e. The highest BCUT2D eigenvalue weighted by atomic mass is 19.3. The summed E-state index contributed by atoms with van der Waals surface area (Å²) in [6, 6.07) is 0.251. The molecule has 0 aromatic carbocycles. The molecular formula is C18H32F2N2O3. The third-order valence-electron chi connectivity index (χ3n) is 4.94. The molecule has 1 saturated heterocycles. The number of nitrogens with two attached hydrogens (primary N) is 1. The van der Waals surface area contributed by atoms with Crippen LogP contribution in [0.1, 0.15) is 59.3 Å². The third kappa shape index (κ3) is 6.37. The first-order chi connectivity index (χ1) is 11.6. The highest BCUT2D eigenvalue weighted by Gasteiger charge is 2.46. The van der Waals surface area contributed by atoms with Crippen LogP contribution in [0.25, 0.3) is 0 Å². The zero-order chi connectivity index (χ0) is 18.7. The summed E-state index contributed by atoms with van der Waals surface area (Å²) in [5.74, 6) is -3.66. The number of rotatable bonds is 4. The van der Waals surface area contributed by atoms with Gasteiger partial charge in [0, 0.05) is 25.1 Å². The standard InChI is InChI=1S/C18H32F2N2O3/c1-17(2,3)25-16(23)22-10-8-13(18(19,20)12-22)9-11-24-15-6-4-14(21)5-7-15/h13-15H,4-12,21H2,1-3H3. The number of carbonyl (C=O) groups is 1. The second kappa shape index (κ2) is 8.16. The van der Waals surface area contributed by atoms with Crippen molar-refractivity contribution in [2.24, 2.45) is 11.7 Å². The van der Waals surface area contributed by atoms with E-state index in [0.29, 0.717) is 19.6 Å². The van der Waals surface area contributed by atoms with Gasteiger partial charge in [-0.15, -0.1) is 0 Å². The van der Waals surface area contributed by atoms with Crippen LogP contribution in [-0.2, 0) is 9.47 Å². The Morgan fingerprint density at radius 3 is 2.40 bits per heavy atom. The van der Waals surface area contributed by atoms with Gasteiger partial charge < -0.3 is 20.1 Å². The molecule has 1 aliphatic carbocycles. The van der Waals surface area contributed by atoms with E-state index in [1.165, 1.54) is 0 Å². The predicted molar refractivity (Wildman–Crippen MR) is 91.7 cm³/mol. The Hall–Kier alpha value is -0.950. The molecule has 0 aromatic rings. The highest BCUT2D eigenvalue weighted by molar-refractivity contribution is 5.68. The van der Waals surface area contributed by atoms with Crippen LogP contribution in [-0.4, -0.2) is 54.4 Å². The molecule has 1 aliphatic heterocycles. The largest absolute Gasteiger partial charge is 0.444 e. The van der Waals surface area contributed by atoms with Gasteiger partial charge in [-0.1, -0.05) is 0 Å². The van der Waals surface area contributed by atoms with E-state index in [4.69, 9.17) is 15.2 Å². The Balaban J connectivity index is 1.75. The molecule has 25 heavy (non-hydrogen) atoms. The van der Waals surface area contributed by atoms with Gasteiger partial charge in [0.25, 0.3) is 5.92 Å². The van der Waals surface area contributed by atoms with E-state index in [-0.39, 0.29) is 18.6 Å². The van der Waals surface area contributed by atoms with E-state index < -0.39 is 30.1 Å². The summed E-state index contributed by atoms with van der Waals surface area (Å²) in [7, 11) is 0. The topological polar surface area (TPSA) is 64.8 Å². The maximum atomic E-state index is 14.4. The van der Waals surface area contributed by atoms with Crippen molar-refractivity contribution in [3.05, 3.63) is 0 Å². The molecule has 1 atom stereocenters. The first-order valence-corrected chi connectivity index (χ1v) is 9.30. The molecule has 5 nitrogen and oxygen atoms in total. The highest BCUT2D eigenvalue weighted by Crippen LogP contribution is 2.36. The number of hydrogen-bond acceptors (Lipinski definition) is 4. The maximum Gasteiger partial charge on any atom is 0.410 e. The summed E-state index contributed by atoms with van der Waals surface area (Å²) in [5, 5.41) is 0. The minimum absolute atomic E-state index is 0.148. The van der Waals surface area contributed by atoms with Crippen LogP contribution >= 0.6 is 0 Å². The van der Waals surface area contributed by atoms with Gasteiger partial charge in [0.15, 0.2) is 0 Å². The number of carbonyl (C=O) groups excluding carboxylic acids is 1. The fraction of sp³-hybridized carbons (Fsp3) is 0.944. The molecule has 1 unspecified atom stereocenters. The molecule has 2 aliphatic rings. The van der Waals surface area contributed by atoms with Gasteiger partial charge in [-0.3, -0.25) is 0 Å². The van der Waals surface area contributed by atoms with Crippen molar-refractivity contribution in [1.82, 2.24) is 4.90 Å². The quantitative estimate of drug-likeness (QED) is 0.830. The summed E-state index contributed by atoms with van der Waals surface area (Å²) in [5.41, 5.74) is 5.18. The first kappa shape index (κ1) is 20.4. The van der Waals surface area contributed by atoms with Crippen molar-refractivity contribution in [3.8, 4) is 0 Å². The summed E-state index contributed by atoms with van der Waals surface area (Å²) in [6.07, 6.45) is 3.77. The molecule has 1 saturated carbocycles. The van der Waals surface area contributed by atoms with Crippen molar-refractivity contribution >= 4 is 6.09 Å². The molecule has 2 rings (SSSR count). The molecule has 2 N–H and O–H groups in total. The minimum Gasteiger partial charge on any atom is -0.444 e. The molecular weight excluding hydrogens is 330 g/mol. The predicted octanol–water partition coefficient (Wildman–Crippen LogP) is 3.56. The van der Waals surface area contributed by atoms with Gasteiger partial charge in [0.1, 0.15) is 5.60 Å². The lowest BCUT2D eigenvalue weighted by Crippen LogP contribution is -2.52.